The van der Waals surface area contributed by atoms with E-state index >= 15 is 0 Å². The van der Waals surface area contributed by atoms with Gasteiger partial charge in [-0.15, -0.1) is 0 Å². The summed E-state index contributed by atoms with van der Waals surface area (Å²) in [7, 11) is 0. The molecule has 94 valence electrons. The summed E-state index contributed by atoms with van der Waals surface area (Å²) in [5, 5.41) is 0. The molecule has 0 unspecified atom stereocenters. The smallest absolute Gasteiger partial charge is 0.245 e. The molecule has 1 heterocycles. The quantitative estimate of drug-likeness (QED) is 0.818. The Hall–Kier alpha value is -1.91. The van der Waals surface area contributed by atoms with Gasteiger partial charge in [0.25, 0.3) is 0 Å². The van der Waals surface area contributed by atoms with Gasteiger partial charge < -0.3 is 0 Å². The minimum absolute atomic E-state index is 0.183. The largest absolute Gasteiger partial charge is 0.416 e. The van der Waals surface area contributed by atoms with Crippen LogP contribution in [0.5, 0.6) is 0 Å². The Morgan fingerprint density at radius 1 is 1.11 bits per heavy atom. The number of nitrogens with zero attached hydrogens (tertiary/aromatic N) is 2. The molecule has 0 aliphatic heterocycles. The fourth-order valence-electron chi connectivity index (χ4n) is 1.75. The Morgan fingerprint density at radius 2 is 1.83 bits per heavy atom. The normalized spacial score (nSPS) is 11.6. The first-order valence-electron chi connectivity index (χ1n) is 5.39. The molecule has 0 radical (unpaired) electrons. The molecule has 0 N–H and O–H groups in total. The predicted octanol–water partition coefficient (Wildman–Crippen LogP) is 3.39. The molecule has 0 saturated heterocycles. The topological polar surface area (TPSA) is 25.8 Å². The Kier molecular flexibility index (Phi) is 3.32. The van der Waals surface area contributed by atoms with Gasteiger partial charge in [0.2, 0.25) is 0 Å². The molecular formula is C13H11F3N2. The lowest BCUT2D eigenvalue weighted by molar-refractivity contribution is -0.138. The van der Waals surface area contributed by atoms with E-state index in [9.17, 15) is 13.2 Å². The van der Waals surface area contributed by atoms with Gasteiger partial charge in [-0.3, -0.25) is 0 Å². The van der Waals surface area contributed by atoms with E-state index in [0.29, 0.717) is 11.3 Å². The summed E-state index contributed by atoms with van der Waals surface area (Å²) in [4.78, 5) is 7.82. The van der Waals surface area contributed by atoms with E-state index in [1.54, 1.807) is 19.2 Å². The average molecular weight is 252 g/mol. The highest BCUT2D eigenvalue weighted by Gasteiger charge is 2.32. The standard InChI is InChI=1S/C13H11F3N2/c1-9-11(7-17-8-18-9)6-10-4-2-3-5-12(10)13(14,15)16/h2-5,7-8H,6H2,1H3. The fourth-order valence-corrected chi connectivity index (χ4v) is 1.75. The Balaban J connectivity index is 2.39. The molecule has 18 heavy (non-hydrogen) atoms. The van der Waals surface area contributed by atoms with Crippen LogP contribution in [0.25, 0.3) is 0 Å². The van der Waals surface area contributed by atoms with Crippen molar-refractivity contribution in [2.45, 2.75) is 19.5 Å². The molecule has 0 saturated carbocycles. The zero-order chi connectivity index (χ0) is 13.2. The molecule has 0 spiro atoms. The predicted molar refractivity (Wildman–Crippen MR) is 61.0 cm³/mol. The third-order valence-corrected chi connectivity index (χ3v) is 2.72. The second kappa shape index (κ2) is 4.76. The van der Waals surface area contributed by atoms with Crippen LogP contribution in [0.2, 0.25) is 0 Å². The number of hydrogen-bond acceptors (Lipinski definition) is 2. The summed E-state index contributed by atoms with van der Waals surface area (Å²) in [6.45, 7) is 1.76. The highest BCUT2D eigenvalue weighted by Crippen LogP contribution is 2.32. The lowest BCUT2D eigenvalue weighted by Gasteiger charge is -2.13. The molecule has 0 atom stereocenters. The van der Waals surface area contributed by atoms with E-state index in [2.05, 4.69) is 9.97 Å². The lowest BCUT2D eigenvalue weighted by atomic mass is 10.00. The van der Waals surface area contributed by atoms with Crippen molar-refractivity contribution in [3.8, 4) is 0 Å². The monoisotopic (exact) mass is 252 g/mol. The molecule has 0 aliphatic rings. The number of aromatic nitrogens is 2. The van der Waals surface area contributed by atoms with E-state index in [4.69, 9.17) is 0 Å². The Labute approximate surface area is 103 Å². The maximum absolute atomic E-state index is 12.8. The van der Waals surface area contributed by atoms with Crippen LogP contribution in [0, 0.1) is 6.92 Å². The van der Waals surface area contributed by atoms with Gasteiger partial charge in [-0.1, -0.05) is 18.2 Å². The van der Waals surface area contributed by atoms with Crippen LogP contribution in [0.3, 0.4) is 0 Å². The molecular weight excluding hydrogens is 241 g/mol. The van der Waals surface area contributed by atoms with Crippen LogP contribution in [-0.4, -0.2) is 9.97 Å². The maximum Gasteiger partial charge on any atom is 0.416 e. The zero-order valence-electron chi connectivity index (χ0n) is 9.70. The number of benzene rings is 1. The minimum Gasteiger partial charge on any atom is -0.245 e. The fraction of sp³-hybridized carbons (Fsp3) is 0.231. The summed E-state index contributed by atoms with van der Waals surface area (Å²) in [5.41, 5.74) is 1.03. The Bertz CT molecular complexity index is 550. The van der Waals surface area contributed by atoms with Gasteiger partial charge in [0, 0.05) is 18.3 Å². The highest BCUT2D eigenvalue weighted by atomic mass is 19.4. The summed E-state index contributed by atoms with van der Waals surface area (Å²) in [6, 6.07) is 5.56. The first kappa shape index (κ1) is 12.5. The number of alkyl halides is 3. The number of rotatable bonds is 2. The molecule has 0 amide bonds. The first-order chi connectivity index (χ1) is 8.48. The molecule has 2 aromatic rings. The SMILES string of the molecule is Cc1ncncc1Cc1ccccc1C(F)(F)F. The second-order valence-corrected chi connectivity index (χ2v) is 3.97. The molecule has 1 aromatic carbocycles. The van der Waals surface area contributed by atoms with Gasteiger partial charge in [-0.2, -0.15) is 13.2 Å². The molecule has 1 aromatic heterocycles. The maximum atomic E-state index is 12.8. The summed E-state index contributed by atoms with van der Waals surface area (Å²) < 4.78 is 38.5. The van der Waals surface area contributed by atoms with Gasteiger partial charge in [-0.05, 0) is 24.1 Å². The average Bonchev–Trinajstić information content (AvgIpc) is 2.31. The molecule has 0 bridgehead atoms. The van der Waals surface area contributed by atoms with E-state index in [1.165, 1.54) is 18.5 Å². The zero-order valence-corrected chi connectivity index (χ0v) is 9.70. The van der Waals surface area contributed by atoms with Crippen molar-refractivity contribution in [3.63, 3.8) is 0 Å². The van der Waals surface area contributed by atoms with Crippen molar-refractivity contribution in [2.24, 2.45) is 0 Å². The first-order valence-corrected chi connectivity index (χ1v) is 5.39. The van der Waals surface area contributed by atoms with Crippen molar-refractivity contribution in [1.82, 2.24) is 9.97 Å². The Morgan fingerprint density at radius 3 is 2.50 bits per heavy atom. The van der Waals surface area contributed by atoms with E-state index in [-0.39, 0.29) is 12.0 Å². The van der Waals surface area contributed by atoms with Crippen LogP contribution in [0.15, 0.2) is 36.8 Å². The van der Waals surface area contributed by atoms with E-state index in [1.807, 2.05) is 0 Å². The number of aryl methyl sites for hydroxylation is 1. The van der Waals surface area contributed by atoms with Gasteiger partial charge in [-0.25, -0.2) is 9.97 Å². The third-order valence-electron chi connectivity index (χ3n) is 2.72. The summed E-state index contributed by atoms with van der Waals surface area (Å²) in [6.07, 6.45) is -1.22. The van der Waals surface area contributed by atoms with Crippen LogP contribution in [0.1, 0.15) is 22.4 Å². The van der Waals surface area contributed by atoms with Crippen molar-refractivity contribution < 1.29 is 13.2 Å². The summed E-state index contributed by atoms with van der Waals surface area (Å²) in [5.74, 6) is 0. The molecule has 2 nitrogen and oxygen atoms in total. The molecule has 0 aliphatic carbocycles. The van der Waals surface area contributed by atoms with Crippen molar-refractivity contribution in [1.29, 1.82) is 0 Å². The summed E-state index contributed by atoms with van der Waals surface area (Å²) >= 11 is 0. The van der Waals surface area contributed by atoms with Gasteiger partial charge in [0.15, 0.2) is 0 Å². The highest BCUT2D eigenvalue weighted by molar-refractivity contribution is 5.34. The lowest BCUT2D eigenvalue weighted by Crippen LogP contribution is -2.09. The van der Waals surface area contributed by atoms with Crippen LogP contribution in [-0.2, 0) is 12.6 Å². The van der Waals surface area contributed by atoms with Crippen LogP contribution in [0.4, 0.5) is 13.2 Å². The number of hydrogen-bond donors (Lipinski definition) is 0. The van der Waals surface area contributed by atoms with Gasteiger partial charge >= 0.3 is 6.18 Å². The van der Waals surface area contributed by atoms with Crippen LogP contribution >= 0.6 is 0 Å². The van der Waals surface area contributed by atoms with Crippen molar-refractivity contribution in [3.05, 3.63) is 59.2 Å². The molecule has 5 heteroatoms. The molecule has 0 fully saturated rings. The molecule has 2 rings (SSSR count). The van der Waals surface area contributed by atoms with E-state index in [0.717, 1.165) is 6.07 Å². The van der Waals surface area contributed by atoms with Gasteiger partial charge in [0.1, 0.15) is 6.33 Å². The third kappa shape index (κ3) is 2.67. The van der Waals surface area contributed by atoms with E-state index < -0.39 is 11.7 Å². The van der Waals surface area contributed by atoms with Crippen LogP contribution < -0.4 is 0 Å². The van der Waals surface area contributed by atoms with Gasteiger partial charge in [0.05, 0.1) is 5.56 Å². The second-order valence-electron chi connectivity index (χ2n) is 3.97. The van der Waals surface area contributed by atoms with Crippen molar-refractivity contribution >= 4 is 0 Å². The van der Waals surface area contributed by atoms with Crippen molar-refractivity contribution in [2.75, 3.05) is 0 Å². The minimum atomic E-state index is -4.33. The number of halogens is 3.